The molecule has 0 saturated carbocycles. The number of benzene rings is 2. The number of anilines is 1. The Morgan fingerprint density at radius 3 is 2.24 bits per heavy atom. The monoisotopic (exact) mass is 363 g/mol. The maximum atomic E-state index is 12.3. The fraction of sp³-hybridized carbons (Fsp3) is 0.176. The van der Waals surface area contributed by atoms with E-state index in [1.54, 1.807) is 12.1 Å². The van der Waals surface area contributed by atoms with Gasteiger partial charge in [-0.2, -0.15) is 0 Å². The summed E-state index contributed by atoms with van der Waals surface area (Å²) in [6, 6.07) is 11.6. The highest BCUT2D eigenvalue weighted by Gasteiger charge is 2.22. The first-order chi connectivity index (χ1) is 11.7. The van der Waals surface area contributed by atoms with E-state index in [0.29, 0.717) is 5.69 Å². The van der Waals surface area contributed by atoms with Crippen molar-refractivity contribution in [1.82, 2.24) is 0 Å². The highest BCUT2D eigenvalue weighted by Crippen LogP contribution is 2.19. The van der Waals surface area contributed by atoms with Gasteiger partial charge < -0.3 is 9.84 Å². The van der Waals surface area contributed by atoms with E-state index < -0.39 is 27.9 Å². The van der Waals surface area contributed by atoms with Crippen molar-refractivity contribution in [1.29, 1.82) is 0 Å². The number of carbonyl (C=O) groups excluding carboxylic acids is 2. The Kier molecular flexibility index (Phi) is 5.43. The average Bonchev–Trinajstić information content (AvgIpc) is 2.53. The quantitative estimate of drug-likeness (QED) is 0.601. The summed E-state index contributed by atoms with van der Waals surface area (Å²) in [5.41, 5.74) is 0.546. The Bertz CT molecular complexity index is 890. The lowest BCUT2D eigenvalue weighted by Crippen LogP contribution is -2.24. The van der Waals surface area contributed by atoms with Crippen molar-refractivity contribution in [2.75, 3.05) is 11.0 Å². The van der Waals surface area contributed by atoms with Crippen LogP contribution in [0.15, 0.2) is 48.5 Å². The van der Waals surface area contributed by atoms with Crippen molar-refractivity contribution < 1.29 is 27.9 Å². The summed E-state index contributed by atoms with van der Waals surface area (Å²) in [5, 5.41) is 9.63. The summed E-state index contributed by atoms with van der Waals surface area (Å²) < 4.78 is 29.7. The number of phenols is 1. The number of Topliss-reactive ketones (excluding diaryl/α,β-unsaturated/α-hetero) is 1. The first-order valence-electron chi connectivity index (χ1n) is 7.28. The summed E-state index contributed by atoms with van der Waals surface area (Å²) in [4.78, 5) is 24.3. The number of ether oxygens (including phenoxy) is 1. The SMILES string of the molecule is C[C@H](OC(=O)c1ccccc1O)C(=O)c1ccc(NS(C)(=O)=O)cc1. The third kappa shape index (κ3) is 5.05. The molecule has 0 heterocycles. The van der Waals surface area contributed by atoms with E-state index in [1.165, 1.54) is 43.3 Å². The number of aromatic hydroxyl groups is 1. The molecule has 0 aliphatic heterocycles. The number of carbonyl (C=O) groups is 2. The molecule has 0 saturated heterocycles. The van der Waals surface area contributed by atoms with E-state index in [1.807, 2.05) is 0 Å². The second-order valence-electron chi connectivity index (χ2n) is 5.38. The molecule has 2 aromatic carbocycles. The van der Waals surface area contributed by atoms with Gasteiger partial charge in [-0.3, -0.25) is 9.52 Å². The highest BCUT2D eigenvalue weighted by molar-refractivity contribution is 7.92. The van der Waals surface area contributed by atoms with Gasteiger partial charge >= 0.3 is 5.97 Å². The molecule has 0 aromatic heterocycles. The maximum Gasteiger partial charge on any atom is 0.342 e. The van der Waals surface area contributed by atoms with Crippen molar-refractivity contribution in [3.05, 3.63) is 59.7 Å². The lowest BCUT2D eigenvalue weighted by molar-refractivity contribution is 0.0316. The first-order valence-corrected chi connectivity index (χ1v) is 9.17. The van der Waals surface area contributed by atoms with Crippen molar-refractivity contribution in [3.8, 4) is 5.75 Å². The average molecular weight is 363 g/mol. The van der Waals surface area contributed by atoms with Gasteiger partial charge in [-0.1, -0.05) is 12.1 Å². The molecule has 2 rings (SSSR count). The molecule has 0 radical (unpaired) electrons. The molecule has 0 spiro atoms. The molecule has 0 aliphatic carbocycles. The number of hydrogen-bond donors (Lipinski definition) is 2. The molecule has 0 bridgehead atoms. The number of para-hydroxylation sites is 1. The third-order valence-corrected chi connectivity index (χ3v) is 3.86. The lowest BCUT2D eigenvalue weighted by Gasteiger charge is -2.13. The summed E-state index contributed by atoms with van der Waals surface area (Å²) in [6.45, 7) is 1.42. The predicted molar refractivity (Wildman–Crippen MR) is 92.2 cm³/mol. The molecular formula is C17H17NO6S. The molecule has 132 valence electrons. The van der Waals surface area contributed by atoms with Crippen molar-refractivity contribution >= 4 is 27.5 Å². The standard InChI is InChI=1S/C17H17NO6S/c1-11(24-17(21)14-5-3-4-6-15(14)19)16(20)12-7-9-13(10-8-12)18-25(2,22)23/h3-11,18-19H,1-2H3/t11-/m0/s1. The minimum atomic E-state index is -3.41. The van der Waals surface area contributed by atoms with Crippen LogP contribution in [-0.2, 0) is 14.8 Å². The van der Waals surface area contributed by atoms with Gasteiger partial charge in [0.15, 0.2) is 6.10 Å². The zero-order valence-electron chi connectivity index (χ0n) is 13.6. The summed E-state index contributed by atoms with van der Waals surface area (Å²) >= 11 is 0. The zero-order chi connectivity index (χ0) is 18.6. The maximum absolute atomic E-state index is 12.3. The van der Waals surface area contributed by atoms with Gasteiger partial charge in [-0.05, 0) is 43.3 Å². The summed E-state index contributed by atoms with van der Waals surface area (Å²) in [6.07, 6.45) is -0.0483. The number of hydrogen-bond acceptors (Lipinski definition) is 6. The van der Waals surface area contributed by atoms with Crippen LogP contribution in [0, 0.1) is 0 Å². The normalized spacial score (nSPS) is 12.2. The predicted octanol–water partition coefficient (Wildman–Crippen LogP) is 2.19. The van der Waals surface area contributed by atoms with Gasteiger partial charge in [0.25, 0.3) is 0 Å². The second-order valence-corrected chi connectivity index (χ2v) is 7.13. The van der Waals surface area contributed by atoms with E-state index in [0.717, 1.165) is 6.26 Å². The molecule has 0 fully saturated rings. The minimum Gasteiger partial charge on any atom is -0.507 e. The molecule has 0 aliphatic rings. The van der Waals surface area contributed by atoms with Crippen LogP contribution in [0.25, 0.3) is 0 Å². The van der Waals surface area contributed by atoms with Crippen molar-refractivity contribution in [2.45, 2.75) is 13.0 Å². The molecule has 1 atom stereocenters. The van der Waals surface area contributed by atoms with Crippen LogP contribution in [0.2, 0.25) is 0 Å². The Balaban J connectivity index is 2.07. The van der Waals surface area contributed by atoms with E-state index in [4.69, 9.17) is 4.74 Å². The van der Waals surface area contributed by atoms with Gasteiger partial charge in [0.1, 0.15) is 11.3 Å². The van der Waals surface area contributed by atoms with Crippen molar-refractivity contribution in [3.63, 3.8) is 0 Å². The Morgan fingerprint density at radius 2 is 1.68 bits per heavy atom. The van der Waals surface area contributed by atoms with Crippen LogP contribution in [-0.4, -0.2) is 37.6 Å². The molecule has 8 heteroatoms. The number of ketones is 1. The fourth-order valence-electron chi connectivity index (χ4n) is 2.08. The molecule has 0 unspecified atom stereocenters. The smallest absolute Gasteiger partial charge is 0.342 e. The van der Waals surface area contributed by atoms with Crippen LogP contribution < -0.4 is 4.72 Å². The van der Waals surface area contributed by atoms with Gasteiger partial charge in [0.05, 0.1) is 6.26 Å². The van der Waals surface area contributed by atoms with E-state index in [2.05, 4.69) is 4.72 Å². The largest absolute Gasteiger partial charge is 0.507 e. The van der Waals surface area contributed by atoms with Crippen LogP contribution in [0.1, 0.15) is 27.6 Å². The lowest BCUT2D eigenvalue weighted by atomic mass is 10.1. The number of rotatable bonds is 6. The number of sulfonamides is 1. The van der Waals surface area contributed by atoms with Gasteiger partial charge in [-0.25, -0.2) is 13.2 Å². The van der Waals surface area contributed by atoms with E-state index in [-0.39, 0.29) is 16.9 Å². The summed E-state index contributed by atoms with van der Waals surface area (Å²) in [5.74, 6) is -1.49. The number of esters is 1. The molecule has 2 aromatic rings. The highest BCUT2D eigenvalue weighted by atomic mass is 32.2. The fourth-order valence-corrected chi connectivity index (χ4v) is 2.64. The van der Waals surface area contributed by atoms with Gasteiger partial charge in [0.2, 0.25) is 15.8 Å². The molecule has 25 heavy (non-hydrogen) atoms. The van der Waals surface area contributed by atoms with Crippen molar-refractivity contribution in [2.24, 2.45) is 0 Å². The van der Waals surface area contributed by atoms with E-state index in [9.17, 15) is 23.1 Å². The minimum absolute atomic E-state index is 0.0325. The molecule has 7 nitrogen and oxygen atoms in total. The molecule has 0 amide bonds. The zero-order valence-corrected chi connectivity index (χ0v) is 14.4. The Morgan fingerprint density at radius 1 is 1.08 bits per heavy atom. The number of nitrogens with one attached hydrogen (secondary N) is 1. The van der Waals surface area contributed by atoms with Crippen LogP contribution in [0.3, 0.4) is 0 Å². The topological polar surface area (TPSA) is 110 Å². The second kappa shape index (κ2) is 7.35. The van der Waals surface area contributed by atoms with Crippen LogP contribution in [0.4, 0.5) is 5.69 Å². The Hall–Kier alpha value is -2.87. The van der Waals surface area contributed by atoms with Crippen LogP contribution >= 0.6 is 0 Å². The van der Waals surface area contributed by atoms with E-state index >= 15 is 0 Å². The number of phenolic OH excluding ortho intramolecular Hbond substituents is 1. The van der Waals surface area contributed by atoms with Gasteiger partial charge in [-0.15, -0.1) is 0 Å². The van der Waals surface area contributed by atoms with Crippen LogP contribution in [0.5, 0.6) is 5.75 Å². The van der Waals surface area contributed by atoms with Gasteiger partial charge in [0, 0.05) is 11.3 Å². The Labute approximate surface area is 145 Å². The first kappa shape index (κ1) is 18.5. The summed E-state index contributed by atoms with van der Waals surface area (Å²) in [7, 11) is -3.41. The molecule has 2 N–H and O–H groups in total. The third-order valence-electron chi connectivity index (χ3n) is 3.25. The molecular weight excluding hydrogens is 346 g/mol.